The summed E-state index contributed by atoms with van der Waals surface area (Å²) in [6.45, 7) is 0.591. The van der Waals surface area contributed by atoms with Crippen LogP contribution in [-0.2, 0) is 27.8 Å². The van der Waals surface area contributed by atoms with Crippen LogP contribution in [0.5, 0.6) is 0 Å². The Morgan fingerprint density at radius 3 is 2.91 bits per heavy atom. The molecule has 0 bridgehead atoms. The summed E-state index contributed by atoms with van der Waals surface area (Å²) in [6, 6.07) is 7.76. The van der Waals surface area contributed by atoms with E-state index in [2.05, 4.69) is 14.9 Å². The van der Waals surface area contributed by atoms with Crippen LogP contribution in [0.1, 0.15) is 5.56 Å². The molecule has 0 saturated heterocycles. The van der Waals surface area contributed by atoms with Crippen molar-refractivity contribution in [2.45, 2.75) is 13.0 Å². The van der Waals surface area contributed by atoms with Gasteiger partial charge in [0.05, 0.1) is 12.5 Å². The van der Waals surface area contributed by atoms with Gasteiger partial charge in [0, 0.05) is 12.2 Å². The summed E-state index contributed by atoms with van der Waals surface area (Å²) in [5.74, 6) is -0.0384. The van der Waals surface area contributed by atoms with E-state index in [9.17, 15) is 13.2 Å². The van der Waals surface area contributed by atoms with E-state index in [4.69, 9.17) is 0 Å². The second kappa shape index (κ2) is 5.41. The summed E-state index contributed by atoms with van der Waals surface area (Å²) in [7, 11) is -3.41. The molecule has 1 N–H and O–H groups in total. The quantitative estimate of drug-likeness (QED) is 0.870. The molecule has 0 fully saturated rings. The molecule has 9 heteroatoms. The molecule has 116 valence electrons. The molecule has 1 aromatic carbocycles. The van der Waals surface area contributed by atoms with Crippen LogP contribution in [0, 0.1) is 0 Å². The molecule has 1 aliphatic heterocycles. The second-order valence-electron chi connectivity index (χ2n) is 5.06. The van der Waals surface area contributed by atoms with Crippen LogP contribution >= 0.6 is 0 Å². The molecule has 1 aliphatic rings. The molecule has 0 aliphatic carbocycles. The van der Waals surface area contributed by atoms with Gasteiger partial charge < -0.3 is 4.90 Å². The van der Waals surface area contributed by atoms with Gasteiger partial charge in [0.25, 0.3) is 5.91 Å². The van der Waals surface area contributed by atoms with Gasteiger partial charge in [0.15, 0.2) is 5.82 Å². The van der Waals surface area contributed by atoms with Crippen molar-refractivity contribution < 1.29 is 13.2 Å². The molecule has 0 atom stereocenters. The van der Waals surface area contributed by atoms with Crippen molar-refractivity contribution in [3.05, 3.63) is 36.0 Å². The highest BCUT2D eigenvalue weighted by Gasteiger charge is 2.24. The number of hydrogen-bond acceptors (Lipinski definition) is 5. The minimum Gasteiger partial charge on any atom is -0.310 e. The molecule has 1 aromatic heterocycles. The molecular formula is C13H15N5O3S. The molecule has 0 radical (unpaired) electrons. The predicted molar refractivity (Wildman–Crippen MR) is 81.0 cm³/mol. The van der Waals surface area contributed by atoms with Gasteiger partial charge in [-0.3, -0.25) is 9.52 Å². The zero-order valence-corrected chi connectivity index (χ0v) is 12.7. The molecule has 0 unspecified atom stereocenters. The van der Waals surface area contributed by atoms with Gasteiger partial charge >= 0.3 is 0 Å². The van der Waals surface area contributed by atoms with E-state index in [1.165, 1.54) is 11.0 Å². The van der Waals surface area contributed by atoms with Crippen molar-refractivity contribution in [2.75, 3.05) is 22.4 Å². The van der Waals surface area contributed by atoms with Gasteiger partial charge in [-0.1, -0.05) is 18.2 Å². The van der Waals surface area contributed by atoms with Crippen molar-refractivity contribution >= 4 is 27.4 Å². The number of carbonyl (C=O) groups is 1. The maximum Gasteiger partial charge on any atom is 0.250 e. The van der Waals surface area contributed by atoms with Crippen LogP contribution in [0.4, 0.5) is 11.5 Å². The van der Waals surface area contributed by atoms with E-state index in [-0.39, 0.29) is 18.3 Å². The predicted octanol–water partition coefficient (Wildman–Crippen LogP) is 0.239. The maximum atomic E-state index is 12.4. The van der Waals surface area contributed by atoms with E-state index < -0.39 is 10.0 Å². The van der Waals surface area contributed by atoms with E-state index in [1.54, 1.807) is 4.90 Å². The third-order valence-electron chi connectivity index (χ3n) is 3.29. The number of sulfonamides is 1. The molecule has 2 aromatic rings. The fourth-order valence-corrected chi connectivity index (χ4v) is 2.89. The topological polar surface area (TPSA) is 97.2 Å². The Morgan fingerprint density at radius 1 is 1.36 bits per heavy atom. The molecule has 1 amide bonds. The number of amides is 1. The van der Waals surface area contributed by atoms with Gasteiger partial charge in [0.1, 0.15) is 6.54 Å². The van der Waals surface area contributed by atoms with Crippen LogP contribution < -0.4 is 9.62 Å². The third-order valence-corrected chi connectivity index (χ3v) is 3.87. The third kappa shape index (κ3) is 3.08. The zero-order valence-electron chi connectivity index (χ0n) is 11.9. The fourth-order valence-electron chi connectivity index (χ4n) is 2.41. The standard InChI is InChI=1S/C13H15N5O3S/c1-22(20,21)16-12-8-14-18(15-12)9-13(19)17-7-6-10-4-2-3-5-11(10)17/h2-5,8H,6-7,9H2,1H3,(H,15,16). The molecular weight excluding hydrogens is 306 g/mol. The average Bonchev–Trinajstić information content (AvgIpc) is 3.03. The van der Waals surface area contributed by atoms with Crippen molar-refractivity contribution in [3.63, 3.8) is 0 Å². The Hall–Kier alpha value is -2.42. The first-order valence-corrected chi connectivity index (χ1v) is 8.58. The first-order valence-electron chi connectivity index (χ1n) is 6.68. The zero-order chi connectivity index (χ0) is 15.7. The molecule has 0 saturated carbocycles. The molecule has 2 heterocycles. The van der Waals surface area contributed by atoms with Gasteiger partial charge in [-0.05, 0) is 18.1 Å². The normalized spacial score (nSPS) is 14.0. The Labute approximate surface area is 127 Å². The van der Waals surface area contributed by atoms with Crippen LogP contribution in [0.3, 0.4) is 0 Å². The maximum absolute atomic E-state index is 12.4. The number of anilines is 2. The summed E-state index contributed by atoms with van der Waals surface area (Å²) in [5.41, 5.74) is 2.05. The molecule has 22 heavy (non-hydrogen) atoms. The van der Waals surface area contributed by atoms with E-state index in [1.807, 2.05) is 24.3 Å². The van der Waals surface area contributed by atoms with Gasteiger partial charge in [-0.25, -0.2) is 8.42 Å². The van der Waals surface area contributed by atoms with Crippen LogP contribution in [0.2, 0.25) is 0 Å². The number of carbonyl (C=O) groups excluding carboxylic acids is 1. The molecule has 8 nitrogen and oxygen atoms in total. The minimum atomic E-state index is -3.41. The average molecular weight is 321 g/mol. The lowest BCUT2D eigenvalue weighted by atomic mass is 10.2. The monoisotopic (exact) mass is 321 g/mol. The summed E-state index contributed by atoms with van der Waals surface area (Å²) >= 11 is 0. The first kappa shape index (κ1) is 14.5. The van der Waals surface area contributed by atoms with Crippen molar-refractivity contribution in [1.29, 1.82) is 0 Å². The van der Waals surface area contributed by atoms with Crippen LogP contribution in [0.25, 0.3) is 0 Å². The van der Waals surface area contributed by atoms with Gasteiger partial charge in [0.2, 0.25) is 10.0 Å². The Bertz CT molecular complexity index is 815. The summed E-state index contributed by atoms with van der Waals surface area (Å²) in [6.07, 6.45) is 3.12. The second-order valence-corrected chi connectivity index (χ2v) is 6.81. The van der Waals surface area contributed by atoms with Crippen molar-refractivity contribution in [3.8, 4) is 0 Å². The van der Waals surface area contributed by atoms with E-state index >= 15 is 0 Å². The van der Waals surface area contributed by atoms with Crippen molar-refractivity contribution in [2.24, 2.45) is 0 Å². The van der Waals surface area contributed by atoms with E-state index in [0.29, 0.717) is 6.54 Å². The van der Waals surface area contributed by atoms with Gasteiger partial charge in [-0.2, -0.15) is 9.90 Å². The lowest BCUT2D eigenvalue weighted by Crippen LogP contribution is -2.32. The smallest absolute Gasteiger partial charge is 0.250 e. The first-order chi connectivity index (χ1) is 10.4. The van der Waals surface area contributed by atoms with Crippen LogP contribution in [-0.4, -0.2) is 42.1 Å². The number of benzene rings is 1. The largest absolute Gasteiger partial charge is 0.310 e. The number of fused-ring (bicyclic) bond motifs is 1. The van der Waals surface area contributed by atoms with Crippen molar-refractivity contribution in [1.82, 2.24) is 15.0 Å². The lowest BCUT2D eigenvalue weighted by Gasteiger charge is -2.16. The Morgan fingerprint density at radius 2 is 2.14 bits per heavy atom. The van der Waals surface area contributed by atoms with E-state index in [0.717, 1.165) is 23.9 Å². The number of aromatic nitrogens is 3. The molecule has 3 rings (SSSR count). The highest BCUT2D eigenvalue weighted by molar-refractivity contribution is 7.92. The minimum absolute atomic E-state index is 0.0419. The highest BCUT2D eigenvalue weighted by atomic mass is 32.2. The summed E-state index contributed by atoms with van der Waals surface area (Å²) < 4.78 is 24.4. The number of nitrogens with one attached hydrogen (secondary N) is 1. The highest BCUT2D eigenvalue weighted by Crippen LogP contribution is 2.27. The number of hydrogen-bond donors (Lipinski definition) is 1. The van der Waals surface area contributed by atoms with Crippen LogP contribution in [0.15, 0.2) is 30.5 Å². The molecule has 0 spiro atoms. The number of para-hydroxylation sites is 1. The SMILES string of the molecule is CS(=O)(=O)Nc1cnn(CC(=O)N2CCc3ccccc32)n1. The Balaban J connectivity index is 1.71. The number of nitrogens with zero attached hydrogens (tertiary/aromatic N) is 4. The number of rotatable bonds is 4. The summed E-state index contributed by atoms with van der Waals surface area (Å²) in [5, 5.41) is 7.83. The Kier molecular flexibility index (Phi) is 3.57. The lowest BCUT2D eigenvalue weighted by molar-refractivity contribution is -0.119. The fraction of sp³-hybridized carbons (Fsp3) is 0.308. The summed E-state index contributed by atoms with van der Waals surface area (Å²) in [4.78, 5) is 15.2. The van der Waals surface area contributed by atoms with Gasteiger partial charge in [-0.15, -0.1) is 5.10 Å².